The van der Waals surface area contributed by atoms with Crippen LogP contribution in [0.5, 0.6) is 0 Å². The van der Waals surface area contributed by atoms with E-state index in [2.05, 4.69) is 15.5 Å². The molecule has 2 heterocycles. The molecule has 1 aliphatic rings. The maximum atomic E-state index is 13.3. The molecule has 0 saturated carbocycles. The third kappa shape index (κ3) is 4.73. The minimum Gasteiger partial charge on any atom is -0.337 e. The van der Waals surface area contributed by atoms with Crippen molar-refractivity contribution in [3.63, 3.8) is 0 Å². The highest BCUT2D eigenvalue weighted by Crippen LogP contribution is 2.36. The van der Waals surface area contributed by atoms with Crippen LogP contribution >= 0.6 is 0 Å². The topological polar surface area (TPSA) is 105 Å². The van der Waals surface area contributed by atoms with Gasteiger partial charge in [0.25, 0.3) is 0 Å². The zero-order valence-electron chi connectivity index (χ0n) is 18.1. The van der Waals surface area contributed by atoms with E-state index < -0.39 is 16.1 Å². The van der Waals surface area contributed by atoms with Crippen LogP contribution in [0.4, 0.5) is 5.69 Å². The van der Waals surface area contributed by atoms with Crippen molar-refractivity contribution in [2.45, 2.75) is 44.0 Å². The van der Waals surface area contributed by atoms with Gasteiger partial charge in [-0.15, -0.1) is 0 Å². The molecule has 0 bridgehead atoms. The summed E-state index contributed by atoms with van der Waals surface area (Å²) in [5, 5.41) is 6.83. The number of amides is 1. The van der Waals surface area contributed by atoms with Gasteiger partial charge in [-0.05, 0) is 43.0 Å². The van der Waals surface area contributed by atoms with Crippen LogP contribution in [0.25, 0.3) is 11.4 Å². The van der Waals surface area contributed by atoms with Crippen LogP contribution in [-0.2, 0) is 14.8 Å². The summed E-state index contributed by atoms with van der Waals surface area (Å²) < 4.78 is 33.5. The number of hydrogen-bond donors (Lipinski definition) is 1. The van der Waals surface area contributed by atoms with Gasteiger partial charge in [0, 0.05) is 24.2 Å². The van der Waals surface area contributed by atoms with Gasteiger partial charge < -0.3 is 9.84 Å². The van der Waals surface area contributed by atoms with Gasteiger partial charge in [-0.1, -0.05) is 49.3 Å². The maximum absolute atomic E-state index is 13.3. The first-order valence-corrected chi connectivity index (χ1v) is 12.1. The molecule has 2 aromatic carbocycles. The molecular formula is C23H26N4O4S. The molecule has 0 unspecified atom stereocenters. The van der Waals surface area contributed by atoms with Crippen molar-refractivity contribution in [1.82, 2.24) is 14.4 Å². The number of sulfonamides is 1. The second-order valence-corrected chi connectivity index (χ2v) is 10.2. The smallest absolute Gasteiger partial charge is 0.245 e. The minimum absolute atomic E-state index is 0.0965. The molecular weight excluding hydrogens is 428 g/mol. The van der Waals surface area contributed by atoms with Crippen LogP contribution in [-0.4, -0.2) is 35.3 Å². The highest BCUT2D eigenvalue weighted by Gasteiger charge is 2.39. The number of anilines is 1. The van der Waals surface area contributed by atoms with Crippen molar-refractivity contribution in [3.05, 3.63) is 60.5 Å². The van der Waals surface area contributed by atoms with E-state index in [1.54, 1.807) is 12.1 Å². The first-order valence-electron chi connectivity index (χ1n) is 10.7. The predicted molar refractivity (Wildman–Crippen MR) is 120 cm³/mol. The fourth-order valence-corrected chi connectivity index (χ4v) is 5.43. The lowest BCUT2D eigenvalue weighted by atomic mass is 10.1. The van der Waals surface area contributed by atoms with E-state index in [9.17, 15) is 13.2 Å². The average molecular weight is 455 g/mol. The van der Waals surface area contributed by atoms with Gasteiger partial charge in [-0.2, -0.15) is 9.29 Å². The number of rotatable bonds is 7. The Labute approximate surface area is 187 Å². The molecule has 0 radical (unpaired) electrons. The van der Waals surface area contributed by atoms with Gasteiger partial charge in [0.15, 0.2) is 0 Å². The molecule has 1 amide bonds. The Kier molecular flexibility index (Phi) is 6.38. The van der Waals surface area contributed by atoms with Crippen molar-refractivity contribution in [3.8, 4) is 11.4 Å². The Balaban J connectivity index is 1.52. The number of aromatic nitrogens is 2. The molecule has 3 aromatic rings. The fourth-order valence-electron chi connectivity index (χ4n) is 3.78. The molecule has 9 heteroatoms. The van der Waals surface area contributed by atoms with E-state index in [1.807, 2.05) is 44.2 Å². The lowest BCUT2D eigenvalue weighted by Crippen LogP contribution is -2.30. The summed E-state index contributed by atoms with van der Waals surface area (Å²) in [5.74, 6) is 0.878. The highest BCUT2D eigenvalue weighted by molar-refractivity contribution is 7.89. The molecule has 1 fully saturated rings. The Morgan fingerprint density at radius 2 is 1.88 bits per heavy atom. The largest absolute Gasteiger partial charge is 0.337 e. The van der Waals surface area contributed by atoms with E-state index >= 15 is 0 Å². The molecule has 1 aromatic heterocycles. The summed E-state index contributed by atoms with van der Waals surface area (Å²) in [5.41, 5.74) is 1.38. The molecule has 32 heavy (non-hydrogen) atoms. The quantitative estimate of drug-likeness (QED) is 0.572. The maximum Gasteiger partial charge on any atom is 0.245 e. The number of nitrogens with one attached hydrogen (secondary N) is 1. The van der Waals surface area contributed by atoms with E-state index in [1.165, 1.54) is 16.4 Å². The normalized spacial score (nSPS) is 17.0. The summed E-state index contributed by atoms with van der Waals surface area (Å²) in [6, 6.07) is 15.1. The van der Waals surface area contributed by atoms with Crippen LogP contribution < -0.4 is 5.32 Å². The summed E-state index contributed by atoms with van der Waals surface area (Å²) in [4.78, 5) is 16.6. The summed E-state index contributed by atoms with van der Waals surface area (Å²) in [6.45, 7) is 4.31. The summed E-state index contributed by atoms with van der Waals surface area (Å²) in [7, 11) is -3.76. The molecule has 0 aliphatic carbocycles. The Hall–Kier alpha value is -3.04. The van der Waals surface area contributed by atoms with Crippen molar-refractivity contribution in [2.24, 2.45) is 5.92 Å². The monoisotopic (exact) mass is 454 g/mol. The van der Waals surface area contributed by atoms with E-state index in [0.29, 0.717) is 43.2 Å². The summed E-state index contributed by atoms with van der Waals surface area (Å²) >= 11 is 0. The van der Waals surface area contributed by atoms with Crippen LogP contribution in [0.1, 0.15) is 45.0 Å². The van der Waals surface area contributed by atoms with Gasteiger partial charge in [-0.3, -0.25) is 4.79 Å². The van der Waals surface area contributed by atoms with Crippen LogP contribution in [0.2, 0.25) is 0 Å². The minimum atomic E-state index is -3.76. The van der Waals surface area contributed by atoms with Crippen molar-refractivity contribution < 1.29 is 17.7 Å². The van der Waals surface area contributed by atoms with E-state index in [-0.39, 0.29) is 16.7 Å². The van der Waals surface area contributed by atoms with Crippen molar-refractivity contribution in [2.75, 3.05) is 11.9 Å². The van der Waals surface area contributed by atoms with Crippen LogP contribution in [0.15, 0.2) is 64.0 Å². The molecule has 1 saturated heterocycles. The van der Waals surface area contributed by atoms with Gasteiger partial charge in [0.05, 0.1) is 4.90 Å². The zero-order chi connectivity index (χ0) is 22.7. The van der Waals surface area contributed by atoms with Gasteiger partial charge >= 0.3 is 0 Å². The molecule has 1 N–H and O–H groups in total. The third-order valence-corrected chi connectivity index (χ3v) is 7.22. The zero-order valence-corrected chi connectivity index (χ0v) is 18.9. The standard InChI is InChI=1S/C23H26N4O4S/c1-16(2)15-21(28)24-18-10-12-19(13-11-18)32(29,30)27-14-6-9-20(27)23-25-22(26-31-23)17-7-4-3-5-8-17/h3-5,7-8,10-13,16,20H,6,9,14-15H2,1-2H3,(H,24,28)/t20-/m0/s1. The molecule has 0 spiro atoms. The highest BCUT2D eigenvalue weighted by atomic mass is 32.2. The number of carbonyl (C=O) groups excluding carboxylic acids is 1. The van der Waals surface area contributed by atoms with Crippen molar-refractivity contribution >= 4 is 21.6 Å². The first-order chi connectivity index (χ1) is 15.3. The van der Waals surface area contributed by atoms with Crippen molar-refractivity contribution in [1.29, 1.82) is 0 Å². The van der Waals surface area contributed by atoms with E-state index in [0.717, 1.165) is 5.56 Å². The Bertz CT molecular complexity index is 1170. The van der Waals surface area contributed by atoms with Crippen LogP contribution in [0, 0.1) is 5.92 Å². The molecule has 1 atom stereocenters. The summed E-state index contributed by atoms with van der Waals surface area (Å²) in [6.07, 6.45) is 1.72. The number of hydrogen-bond acceptors (Lipinski definition) is 6. The molecule has 168 valence electrons. The third-order valence-electron chi connectivity index (χ3n) is 5.30. The van der Waals surface area contributed by atoms with Gasteiger partial charge in [0.1, 0.15) is 6.04 Å². The lowest BCUT2D eigenvalue weighted by Gasteiger charge is -2.21. The Morgan fingerprint density at radius 1 is 1.16 bits per heavy atom. The average Bonchev–Trinajstić information content (AvgIpc) is 3.44. The Morgan fingerprint density at radius 3 is 2.56 bits per heavy atom. The molecule has 4 rings (SSSR count). The molecule has 1 aliphatic heterocycles. The fraction of sp³-hybridized carbons (Fsp3) is 0.348. The van der Waals surface area contributed by atoms with Crippen LogP contribution in [0.3, 0.4) is 0 Å². The van der Waals surface area contributed by atoms with E-state index in [4.69, 9.17) is 4.52 Å². The SMILES string of the molecule is CC(C)CC(=O)Nc1ccc(S(=O)(=O)N2CCC[C@H]2c2nc(-c3ccccc3)no2)cc1. The molecule has 8 nitrogen and oxygen atoms in total. The lowest BCUT2D eigenvalue weighted by molar-refractivity contribution is -0.116. The first kappa shape index (κ1) is 22.2. The number of nitrogens with zero attached hydrogens (tertiary/aromatic N) is 3. The number of carbonyl (C=O) groups is 1. The second-order valence-electron chi connectivity index (χ2n) is 8.27. The second kappa shape index (κ2) is 9.22. The van der Waals surface area contributed by atoms with Gasteiger partial charge in [-0.25, -0.2) is 8.42 Å². The predicted octanol–water partition coefficient (Wildman–Crippen LogP) is 4.25. The van der Waals surface area contributed by atoms with Gasteiger partial charge in [0.2, 0.25) is 27.6 Å². The number of benzene rings is 2.